The van der Waals surface area contributed by atoms with Crippen LogP contribution in [0.2, 0.25) is 0 Å². The Bertz CT molecular complexity index is 1320. The van der Waals surface area contributed by atoms with Crippen LogP contribution in [0.1, 0.15) is 50.3 Å². The molecule has 2 aromatic carbocycles. The van der Waals surface area contributed by atoms with E-state index in [2.05, 4.69) is 13.8 Å². The fourth-order valence-electron chi connectivity index (χ4n) is 6.17. The van der Waals surface area contributed by atoms with E-state index < -0.39 is 11.9 Å². The van der Waals surface area contributed by atoms with Crippen LogP contribution in [-0.4, -0.2) is 30.2 Å². The summed E-state index contributed by atoms with van der Waals surface area (Å²) in [4.78, 5) is 55.3. The zero-order valence-electron chi connectivity index (χ0n) is 22.4. The molecule has 7 nitrogen and oxygen atoms in total. The lowest BCUT2D eigenvalue weighted by molar-refractivity contribution is -0.139. The van der Waals surface area contributed by atoms with E-state index in [0.29, 0.717) is 23.4 Å². The molecule has 198 valence electrons. The minimum atomic E-state index is -0.573. The van der Waals surface area contributed by atoms with Crippen molar-refractivity contribution in [3.63, 3.8) is 0 Å². The van der Waals surface area contributed by atoms with Crippen molar-refractivity contribution in [2.75, 3.05) is 16.3 Å². The number of carbonyl (C=O) groups is 4. The zero-order chi connectivity index (χ0) is 27.1. The van der Waals surface area contributed by atoms with E-state index in [1.807, 2.05) is 37.3 Å². The molecule has 38 heavy (non-hydrogen) atoms. The predicted molar refractivity (Wildman–Crippen MR) is 145 cm³/mol. The van der Waals surface area contributed by atoms with Crippen molar-refractivity contribution < 1.29 is 23.9 Å². The van der Waals surface area contributed by atoms with Crippen molar-refractivity contribution in [2.45, 2.75) is 53.4 Å². The molecule has 0 bridgehead atoms. The van der Waals surface area contributed by atoms with Crippen LogP contribution in [0, 0.1) is 30.6 Å². The Morgan fingerprint density at radius 2 is 1.74 bits per heavy atom. The molecule has 4 atom stereocenters. The average Bonchev–Trinajstić information content (AvgIpc) is 3.41. The zero-order valence-corrected chi connectivity index (χ0v) is 22.4. The molecule has 0 radical (unpaired) electrons. The maximum atomic E-state index is 13.2. The minimum absolute atomic E-state index is 0.0159. The highest BCUT2D eigenvalue weighted by Crippen LogP contribution is 2.42. The predicted octanol–water partition coefficient (Wildman–Crippen LogP) is 4.78. The van der Waals surface area contributed by atoms with Gasteiger partial charge in [-0.25, -0.2) is 4.90 Å². The van der Waals surface area contributed by atoms with E-state index in [-0.39, 0.29) is 48.4 Å². The molecule has 0 spiro atoms. The maximum Gasteiger partial charge on any atom is 0.316 e. The third-order valence-corrected chi connectivity index (χ3v) is 8.19. The van der Waals surface area contributed by atoms with Gasteiger partial charge in [0.2, 0.25) is 17.7 Å². The summed E-state index contributed by atoms with van der Waals surface area (Å²) in [6.07, 6.45) is 6.26. The van der Waals surface area contributed by atoms with Crippen molar-refractivity contribution in [3.05, 3.63) is 65.2 Å². The lowest BCUT2D eigenvalue weighted by Crippen LogP contribution is -2.32. The van der Waals surface area contributed by atoms with Crippen LogP contribution in [0.3, 0.4) is 0 Å². The number of hydrogen-bond donors (Lipinski definition) is 0. The van der Waals surface area contributed by atoms with E-state index >= 15 is 0 Å². The second kappa shape index (κ2) is 10.2. The summed E-state index contributed by atoms with van der Waals surface area (Å²) in [6.45, 7) is 8.17. The number of benzene rings is 2. The minimum Gasteiger partial charge on any atom is -0.426 e. The molecule has 3 amide bonds. The summed E-state index contributed by atoms with van der Waals surface area (Å²) in [5.74, 6) is -1.77. The van der Waals surface area contributed by atoms with E-state index in [4.69, 9.17) is 4.74 Å². The highest BCUT2D eigenvalue weighted by atomic mass is 16.5. The number of allylic oxidation sites excluding steroid dienone is 2. The Morgan fingerprint density at radius 3 is 2.37 bits per heavy atom. The molecule has 5 rings (SSSR count). The number of hydrogen-bond acceptors (Lipinski definition) is 5. The van der Waals surface area contributed by atoms with Gasteiger partial charge in [-0.2, -0.15) is 0 Å². The number of fused-ring (bicyclic) bond motifs is 1. The number of nitrogens with zero attached hydrogens (tertiary/aromatic N) is 2. The topological polar surface area (TPSA) is 84.0 Å². The Balaban J connectivity index is 1.31. The van der Waals surface area contributed by atoms with Gasteiger partial charge < -0.3 is 9.64 Å². The average molecular weight is 515 g/mol. The molecular weight excluding hydrogens is 480 g/mol. The molecule has 7 heteroatoms. The Labute approximate surface area is 223 Å². The molecule has 2 aliphatic heterocycles. The van der Waals surface area contributed by atoms with Gasteiger partial charge in [-0.05, 0) is 67.0 Å². The highest BCUT2D eigenvalue weighted by Gasteiger charge is 2.50. The molecule has 2 heterocycles. The first-order chi connectivity index (χ1) is 18.2. The molecule has 2 saturated heterocycles. The van der Waals surface area contributed by atoms with Gasteiger partial charge in [0.15, 0.2) is 0 Å². The van der Waals surface area contributed by atoms with Crippen LogP contribution in [-0.2, 0) is 32.0 Å². The number of amides is 3. The van der Waals surface area contributed by atoms with Crippen LogP contribution in [0.25, 0.3) is 0 Å². The number of aryl methyl sites for hydroxylation is 3. The largest absolute Gasteiger partial charge is 0.426 e. The van der Waals surface area contributed by atoms with Crippen molar-refractivity contribution in [2.24, 2.45) is 23.7 Å². The Kier molecular flexibility index (Phi) is 6.95. The van der Waals surface area contributed by atoms with Gasteiger partial charge in [0.05, 0.1) is 23.4 Å². The third kappa shape index (κ3) is 4.34. The first kappa shape index (κ1) is 25.9. The second-order valence-electron chi connectivity index (χ2n) is 10.6. The number of para-hydroxylation sites is 1. The quantitative estimate of drug-likeness (QED) is 0.240. The van der Waals surface area contributed by atoms with Crippen LogP contribution < -0.4 is 14.5 Å². The van der Waals surface area contributed by atoms with Crippen LogP contribution in [0.4, 0.5) is 11.4 Å². The molecule has 3 aliphatic rings. The van der Waals surface area contributed by atoms with Crippen molar-refractivity contribution in [3.8, 4) is 5.75 Å². The molecule has 0 N–H and O–H groups in total. The molecule has 0 aromatic heterocycles. The highest BCUT2D eigenvalue weighted by molar-refractivity contribution is 6.22. The number of carbonyl (C=O) groups excluding carboxylic acids is 4. The third-order valence-electron chi connectivity index (χ3n) is 8.19. The summed E-state index contributed by atoms with van der Waals surface area (Å²) in [5.41, 5.74) is 4.29. The van der Waals surface area contributed by atoms with Gasteiger partial charge >= 0.3 is 5.97 Å². The first-order valence-electron chi connectivity index (χ1n) is 13.5. The number of esters is 1. The lowest BCUT2D eigenvalue weighted by atomic mass is 9.78. The van der Waals surface area contributed by atoms with E-state index in [1.165, 1.54) is 4.90 Å². The lowest BCUT2D eigenvalue weighted by Gasteiger charge is -2.23. The van der Waals surface area contributed by atoms with Gasteiger partial charge in [-0.15, -0.1) is 0 Å². The maximum absolute atomic E-state index is 13.2. The number of ether oxygens (including phenoxy) is 1. The molecule has 2 aromatic rings. The molecule has 1 aliphatic carbocycles. The summed E-state index contributed by atoms with van der Waals surface area (Å²) >= 11 is 0. The fourth-order valence-corrected chi connectivity index (χ4v) is 6.17. The van der Waals surface area contributed by atoms with Crippen LogP contribution in [0.15, 0.2) is 48.6 Å². The van der Waals surface area contributed by atoms with Crippen molar-refractivity contribution >= 4 is 35.1 Å². The number of rotatable bonds is 6. The van der Waals surface area contributed by atoms with Crippen LogP contribution in [0.5, 0.6) is 5.75 Å². The summed E-state index contributed by atoms with van der Waals surface area (Å²) < 4.78 is 5.69. The molecule has 0 unspecified atom stereocenters. The smallest absolute Gasteiger partial charge is 0.316 e. The summed E-state index contributed by atoms with van der Waals surface area (Å²) in [7, 11) is 0. The van der Waals surface area contributed by atoms with Gasteiger partial charge in [0.1, 0.15) is 5.75 Å². The Hall–Kier alpha value is -3.74. The van der Waals surface area contributed by atoms with Gasteiger partial charge in [-0.3, -0.25) is 19.2 Å². The van der Waals surface area contributed by atoms with Gasteiger partial charge in [0.25, 0.3) is 0 Å². The van der Waals surface area contributed by atoms with Crippen LogP contribution >= 0.6 is 0 Å². The van der Waals surface area contributed by atoms with E-state index in [9.17, 15) is 19.2 Å². The van der Waals surface area contributed by atoms with Gasteiger partial charge in [-0.1, -0.05) is 51.1 Å². The summed E-state index contributed by atoms with van der Waals surface area (Å²) in [5, 5.41) is 0. The normalized spacial score (nSPS) is 24.8. The number of anilines is 2. The first-order valence-corrected chi connectivity index (χ1v) is 13.5. The fraction of sp³-hybridized carbons (Fsp3) is 0.419. The number of imide groups is 1. The Morgan fingerprint density at radius 1 is 1.03 bits per heavy atom. The monoisotopic (exact) mass is 514 g/mol. The van der Waals surface area contributed by atoms with Gasteiger partial charge in [0, 0.05) is 18.7 Å². The summed E-state index contributed by atoms with van der Waals surface area (Å²) in [6, 6.07) is 11.0. The molecule has 0 saturated carbocycles. The second-order valence-corrected chi connectivity index (χ2v) is 10.6. The van der Waals surface area contributed by atoms with E-state index in [1.54, 1.807) is 30.0 Å². The molecular formula is C31H34N2O5. The standard InChI is InChI=1S/C31H34N2O5/c1-5-20-10-8-11-21(6-2)28(20)32-17-22(16-26(32)34)31(37)38-23-13-14-25(19(4)15-23)33-29(35)24-12-7-9-18(3)27(24)30(33)36/h7-11,13-15,18,22,24,27H,5-6,12,16-17H2,1-4H3/t18-,22+,24+,27-/m0/s1. The van der Waals surface area contributed by atoms with Crippen molar-refractivity contribution in [1.82, 2.24) is 0 Å². The van der Waals surface area contributed by atoms with Crippen molar-refractivity contribution in [1.29, 1.82) is 0 Å². The SMILES string of the molecule is CCc1cccc(CC)c1N1C[C@H](C(=O)Oc2ccc(N3C(=O)[C@H]4[C@@H](C)C=CC[C@H]4C3=O)c(C)c2)CC1=O. The molecule has 2 fully saturated rings. The van der Waals surface area contributed by atoms with E-state index in [0.717, 1.165) is 29.7 Å².